The molecule has 0 radical (unpaired) electrons. The smallest absolute Gasteiger partial charge is 0.0715 e. The van der Waals surface area contributed by atoms with Gasteiger partial charge in [0.05, 0.1) is 5.41 Å². The Labute approximate surface area is 405 Å². The Balaban J connectivity index is 0.000000616. The van der Waals surface area contributed by atoms with Crippen molar-refractivity contribution in [3.63, 3.8) is 0 Å². The molecule has 6 aromatic carbocycles. The number of anilines is 3. The molecule has 2 nitrogen and oxygen atoms in total. The number of rotatable bonds is 14. The lowest BCUT2D eigenvalue weighted by molar-refractivity contribution is 0.768. The minimum atomic E-state index is -0.688. The van der Waals surface area contributed by atoms with E-state index in [0.29, 0.717) is 0 Å². The van der Waals surface area contributed by atoms with Crippen molar-refractivity contribution >= 4 is 35.3 Å². The zero-order valence-corrected chi connectivity index (χ0v) is 40.2. The van der Waals surface area contributed by atoms with Gasteiger partial charge in [0.1, 0.15) is 0 Å². The summed E-state index contributed by atoms with van der Waals surface area (Å²) in [5.74, 6) is 0. The number of hydrogen-bond acceptors (Lipinski definition) is 2. The van der Waals surface area contributed by atoms with Crippen molar-refractivity contribution in [2.45, 2.75) is 52.4 Å². The van der Waals surface area contributed by atoms with Crippen molar-refractivity contribution in [3.8, 4) is 11.1 Å². The fourth-order valence-corrected chi connectivity index (χ4v) is 10.3. The van der Waals surface area contributed by atoms with Gasteiger partial charge >= 0.3 is 0 Å². The molecule has 0 aliphatic heterocycles. The van der Waals surface area contributed by atoms with Crippen molar-refractivity contribution in [1.29, 1.82) is 0 Å². The Bertz CT molecular complexity index is 3070. The molecule has 0 heterocycles. The molecule has 0 saturated heterocycles. The summed E-state index contributed by atoms with van der Waals surface area (Å²) < 4.78 is 0. The molecular weight excluding hydrogens is 821 g/mol. The van der Waals surface area contributed by atoms with Gasteiger partial charge in [-0.05, 0) is 162 Å². The largest absolute Gasteiger partial charge is 0.355 e. The Morgan fingerprint density at radius 1 is 0.706 bits per heavy atom. The van der Waals surface area contributed by atoms with E-state index in [1.165, 1.54) is 72.5 Å². The average molecular weight is 883 g/mol. The van der Waals surface area contributed by atoms with Crippen LogP contribution in [0.4, 0.5) is 17.1 Å². The molecule has 2 heteroatoms. The summed E-state index contributed by atoms with van der Waals surface area (Å²) in [4.78, 5) is 2.46. The Hall–Kier alpha value is -7.94. The maximum absolute atomic E-state index is 4.41. The Kier molecular flexibility index (Phi) is 14.2. The van der Waals surface area contributed by atoms with Gasteiger partial charge in [0.25, 0.3) is 0 Å². The number of fused-ring (bicyclic) bond motifs is 4. The zero-order chi connectivity index (χ0) is 47.8. The molecule has 68 heavy (non-hydrogen) atoms. The number of nitrogens with one attached hydrogen (secondary N) is 1. The first-order valence-corrected chi connectivity index (χ1v) is 23.7. The highest BCUT2D eigenvalue weighted by atomic mass is 15.2. The lowest BCUT2D eigenvalue weighted by Gasteiger charge is -2.36. The van der Waals surface area contributed by atoms with Gasteiger partial charge in [-0.3, -0.25) is 0 Å². The van der Waals surface area contributed by atoms with Crippen LogP contribution in [0.2, 0.25) is 0 Å². The van der Waals surface area contributed by atoms with Crippen LogP contribution in [0.25, 0.3) is 29.4 Å². The molecule has 3 aliphatic rings. The van der Waals surface area contributed by atoms with Crippen molar-refractivity contribution < 1.29 is 0 Å². The van der Waals surface area contributed by atoms with Crippen molar-refractivity contribution in [2.75, 3.05) is 10.2 Å². The third kappa shape index (κ3) is 8.62. The molecule has 9 rings (SSSR count). The van der Waals surface area contributed by atoms with Crippen LogP contribution in [-0.2, 0) is 11.8 Å². The summed E-state index contributed by atoms with van der Waals surface area (Å²) in [6, 6.07) is 48.7. The molecule has 0 spiro atoms. The maximum Gasteiger partial charge on any atom is 0.0715 e. The standard InChI is InChI=1S/C57H54N2.C9H8/c1-10-23-44(13-4)58-54-38-53-56(48(15-6)47(54)14-5)51-36-35-46(37-52(51)57(53,42-25-18-16-19-26-42)43-27-20-17-21-28-43)59(45-33-31-39(7)32-34-45)55-30-22-29-50(41(55)9)49(24-11-2)40(8)12-3;1-2-5-9-7-3-6-8(9)4-1/h10-21,23-28,30-38,58H,1,3-6,22,29H2,2,7-9H3;1-6H,7H2/b24-11-,44-23+,49-40+;. The van der Waals surface area contributed by atoms with E-state index >= 15 is 0 Å². The van der Waals surface area contributed by atoms with Gasteiger partial charge in [0.15, 0.2) is 0 Å². The highest BCUT2D eigenvalue weighted by Gasteiger charge is 2.48. The highest BCUT2D eigenvalue weighted by Crippen LogP contribution is 2.60. The number of hydrogen-bond donors (Lipinski definition) is 1. The molecule has 0 unspecified atom stereocenters. The zero-order valence-electron chi connectivity index (χ0n) is 40.2. The fraction of sp³-hybridized carbons (Fsp3) is 0.121. The van der Waals surface area contributed by atoms with E-state index in [0.717, 1.165) is 58.7 Å². The number of benzene rings is 6. The predicted octanol–water partition coefficient (Wildman–Crippen LogP) is 17.8. The van der Waals surface area contributed by atoms with E-state index in [1.807, 2.05) is 30.4 Å². The normalized spacial score (nSPS) is 14.6. The molecule has 0 amide bonds. The quantitative estimate of drug-likeness (QED) is 0.110. The molecule has 0 aromatic heterocycles. The molecule has 3 aliphatic carbocycles. The summed E-state index contributed by atoms with van der Waals surface area (Å²) in [7, 11) is 0. The van der Waals surface area contributed by atoms with E-state index in [9.17, 15) is 0 Å². The van der Waals surface area contributed by atoms with Crippen LogP contribution in [0.1, 0.15) is 83.7 Å². The molecule has 336 valence electrons. The first kappa shape index (κ1) is 46.6. The SMILES string of the molecule is C1=Cc2ccccc2C1.C=C/C=C(\C=C)Nc1cc2c(c(C=C)c1C=C)-c1ccc(N(C3=CCCC(C(/C=C\C)=C(\C)C=C)=C3C)c3ccc(C)cc3)cc1C2(c1ccccc1)c1ccccc1. The van der Waals surface area contributed by atoms with Crippen LogP contribution in [-0.4, -0.2) is 0 Å². The maximum atomic E-state index is 4.41. The molecule has 0 fully saturated rings. The second-order valence-corrected chi connectivity index (χ2v) is 17.5. The van der Waals surface area contributed by atoms with Crippen molar-refractivity contribution in [3.05, 3.63) is 299 Å². The lowest BCUT2D eigenvalue weighted by atomic mass is 9.67. The third-order valence-corrected chi connectivity index (χ3v) is 13.5. The van der Waals surface area contributed by atoms with Crippen LogP contribution in [0.3, 0.4) is 0 Å². The summed E-state index contributed by atoms with van der Waals surface area (Å²) in [6.45, 7) is 29.6. The number of allylic oxidation sites excluding steroid dienone is 12. The van der Waals surface area contributed by atoms with E-state index < -0.39 is 5.41 Å². The summed E-state index contributed by atoms with van der Waals surface area (Å²) in [5, 5.41) is 3.68. The van der Waals surface area contributed by atoms with Gasteiger partial charge in [-0.1, -0.05) is 196 Å². The van der Waals surface area contributed by atoms with Gasteiger partial charge in [0.2, 0.25) is 0 Å². The van der Waals surface area contributed by atoms with Crippen molar-refractivity contribution in [2.24, 2.45) is 0 Å². The van der Waals surface area contributed by atoms with Crippen molar-refractivity contribution in [1.82, 2.24) is 0 Å². The molecule has 0 bridgehead atoms. The molecule has 0 saturated carbocycles. The highest BCUT2D eigenvalue weighted by molar-refractivity contribution is 5.97. The monoisotopic (exact) mass is 882 g/mol. The van der Waals surface area contributed by atoms with Gasteiger partial charge in [-0.2, -0.15) is 0 Å². The molecular formula is C66H62N2. The van der Waals surface area contributed by atoms with Crippen LogP contribution >= 0.6 is 0 Å². The summed E-state index contributed by atoms with van der Waals surface area (Å²) >= 11 is 0. The molecule has 1 N–H and O–H groups in total. The topological polar surface area (TPSA) is 15.3 Å². The fourth-order valence-electron chi connectivity index (χ4n) is 10.3. The second kappa shape index (κ2) is 20.7. The van der Waals surface area contributed by atoms with E-state index in [4.69, 9.17) is 0 Å². The molecule has 6 aromatic rings. The first-order valence-electron chi connectivity index (χ1n) is 23.7. The van der Waals surface area contributed by atoms with Crippen LogP contribution in [0, 0.1) is 6.92 Å². The third-order valence-electron chi connectivity index (χ3n) is 13.5. The van der Waals surface area contributed by atoms with E-state index in [1.54, 1.807) is 6.08 Å². The first-order chi connectivity index (χ1) is 33.2. The van der Waals surface area contributed by atoms with Gasteiger partial charge in [0, 0.05) is 34.0 Å². The average Bonchev–Trinajstić information content (AvgIpc) is 3.98. The minimum absolute atomic E-state index is 0.688. The summed E-state index contributed by atoms with van der Waals surface area (Å²) in [5.41, 5.74) is 22.6. The molecule has 0 atom stereocenters. The van der Waals surface area contributed by atoms with Gasteiger partial charge < -0.3 is 10.2 Å². The van der Waals surface area contributed by atoms with Crippen LogP contribution < -0.4 is 10.2 Å². The Morgan fingerprint density at radius 3 is 1.99 bits per heavy atom. The van der Waals surface area contributed by atoms with Gasteiger partial charge in [-0.25, -0.2) is 0 Å². The Morgan fingerprint density at radius 2 is 1.37 bits per heavy atom. The predicted molar refractivity (Wildman–Crippen MR) is 296 cm³/mol. The minimum Gasteiger partial charge on any atom is -0.355 e. The van der Waals surface area contributed by atoms with E-state index in [2.05, 4.69) is 235 Å². The summed E-state index contributed by atoms with van der Waals surface area (Å²) in [6.07, 6.45) is 25.6. The van der Waals surface area contributed by atoms with Crippen LogP contribution in [0.15, 0.2) is 249 Å². The van der Waals surface area contributed by atoms with Crippen LogP contribution in [0.5, 0.6) is 0 Å². The van der Waals surface area contributed by atoms with E-state index in [-0.39, 0.29) is 0 Å². The number of aryl methyl sites for hydroxylation is 1. The number of nitrogens with zero attached hydrogens (tertiary/aromatic N) is 1. The second-order valence-electron chi connectivity index (χ2n) is 17.5. The van der Waals surface area contributed by atoms with Gasteiger partial charge in [-0.15, -0.1) is 0 Å². The lowest BCUT2D eigenvalue weighted by Crippen LogP contribution is -2.29.